The fourth-order valence-corrected chi connectivity index (χ4v) is 0. The summed E-state index contributed by atoms with van der Waals surface area (Å²) in [5.41, 5.74) is 0. The molecule has 0 bridgehead atoms. The van der Waals surface area contributed by atoms with Gasteiger partial charge >= 0.3 is 17.1 Å². The molecule has 0 rings (SSSR count). The van der Waals surface area contributed by atoms with E-state index in [1.807, 2.05) is 0 Å². The number of hydrogen-bond donors (Lipinski definition) is 0. The van der Waals surface area contributed by atoms with E-state index in [0.717, 1.165) is 0 Å². The third-order valence-corrected chi connectivity index (χ3v) is 0. The van der Waals surface area contributed by atoms with Gasteiger partial charge < -0.3 is 19.2 Å². The molecule has 48 valence electrons. The summed E-state index contributed by atoms with van der Waals surface area (Å²) in [6.07, 6.45) is 0. The van der Waals surface area contributed by atoms with E-state index in [2.05, 4.69) is 0 Å². The average Bonchev–Trinajstić information content (AvgIpc) is 0.722. The fourth-order valence-electron chi connectivity index (χ4n) is 0. The van der Waals surface area contributed by atoms with Crippen molar-refractivity contribution in [3.8, 4) is 0 Å². The number of phosphoric acid groups is 1. The summed E-state index contributed by atoms with van der Waals surface area (Å²) in [5, 5.41) is 0. The van der Waals surface area contributed by atoms with Gasteiger partial charge in [0.25, 0.3) is 0 Å². The Morgan fingerprint density at radius 3 is 1.14 bits per heavy atom. The Bertz CT molecular complexity index is 57.8. The summed E-state index contributed by atoms with van der Waals surface area (Å²) in [6, 6.07) is 0. The minimum Gasteiger partial charge on any atom is -0.822 e. The van der Waals surface area contributed by atoms with Gasteiger partial charge in [0, 0.05) is 17.1 Å². The molecule has 0 saturated heterocycles. The second-order valence-corrected chi connectivity index (χ2v) is 1.34. The maximum absolute atomic E-state index is 8.55. The van der Waals surface area contributed by atoms with Crippen molar-refractivity contribution in [2.24, 2.45) is 0 Å². The van der Waals surface area contributed by atoms with E-state index in [0.29, 0.717) is 0 Å². The Balaban J connectivity index is -0.0000000800. The van der Waals surface area contributed by atoms with Gasteiger partial charge in [0.2, 0.25) is 0 Å². The molecule has 0 N–H and O–H groups in total. The Labute approximate surface area is 61.5 Å². The summed E-state index contributed by atoms with van der Waals surface area (Å²) in [6.45, 7) is 0. The van der Waals surface area contributed by atoms with E-state index >= 15 is 0 Å². The second-order valence-electron chi connectivity index (χ2n) is 0.447. The van der Waals surface area contributed by atoms with E-state index in [-0.39, 0.29) is 34.1 Å². The Hall–Kier alpha value is 1.15. The van der Waals surface area contributed by atoms with Crippen LogP contribution in [0.3, 0.4) is 0 Å². The van der Waals surface area contributed by atoms with Crippen molar-refractivity contribution in [1.82, 2.24) is 0 Å². The summed E-state index contributed by atoms with van der Waals surface area (Å²) in [5.74, 6) is 0. The topological polar surface area (TPSA) is 86.2 Å². The predicted molar refractivity (Wildman–Crippen MR) is 7.61 cm³/mol. The molecule has 0 heterocycles. The SMILES string of the molecule is O=P([O-])([O-])[O-].[Cu].[Fe+3]. The Morgan fingerprint density at radius 2 is 1.14 bits per heavy atom. The molecule has 7 heavy (non-hydrogen) atoms. The van der Waals surface area contributed by atoms with Gasteiger partial charge in [-0.15, -0.1) is 0 Å². The molecule has 0 spiro atoms. The first-order valence-electron chi connectivity index (χ1n) is 0.730. The third-order valence-electron chi connectivity index (χ3n) is 0. The van der Waals surface area contributed by atoms with Crippen LogP contribution >= 0.6 is 7.82 Å². The van der Waals surface area contributed by atoms with Crippen LogP contribution in [0.2, 0.25) is 0 Å². The zero-order valence-electron chi connectivity index (χ0n) is 2.74. The van der Waals surface area contributed by atoms with Crippen LogP contribution in [0.15, 0.2) is 0 Å². The molecule has 0 amide bonds. The van der Waals surface area contributed by atoms with Crippen LogP contribution in [0.5, 0.6) is 0 Å². The van der Waals surface area contributed by atoms with Crippen molar-refractivity contribution in [1.29, 1.82) is 0 Å². The van der Waals surface area contributed by atoms with Gasteiger partial charge in [-0.1, -0.05) is 0 Å². The molecule has 0 aliphatic carbocycles. The molecule has 0 aliphatic heterocycles. The van der Waals surface area contributed by atoms with Crippen LogP contribution in [-0.2, 0) is 38.7 Å². The van der Waals surface area contributed by atoms with E-state index in [9.17, 15) is 0 Å². The fraction of sp³-hybridized carbons (Fsp3) is 0. The Kier molecular flexibility index (Phi) is 11.9. The van der Waals surface area contributed by atoms with Crippen LogP contribution in [0, 0.1) is 0 Å². The molecule has 0 aromatic carbocycles. The van der Waals surface area contributed by atoms with E-state index in [1.54, 1.807) is 0 Å². The summed E-state index contributed by atoms with van der Waals surface area (Å²) < 4.78 is 8.55. The zero-order valence-corrected chi connectivity index (χ0v) is 5.68. The van der Waals surface area contributed by atoms with Gasteiger partial charge in [0.15, 0.2) is 0 Å². The maximum atomic E-state index is 8.55. The summed E-state index contributed by atoms with van der Waals surface area (Å²) in [4.78, 5) is 25.6. The molecule has 4 nitrogen and oxygen atoms in total. The van der Waals surface area contributed by atoms with Gasteiger partial charge in [-0.25, -0.2) is 0 Å². The van der Waals surface area contributed by atoms with Crippen molar-refractivity contribution >= 4 is 7.82 Å². The average molecular weight is 214 g/mol. The first-order chi connectivity index (χ1) is 2.00. The smallest absolute Gasteiger partial charge is 0.822 e. The molecule has 0 fully saturated rings. The van der Waals surface area contributed by atoms with Crippen LogP contribution < -0.4 is 14.7 Å². The minimum absolute atomic E-state index is 0. The molecule has 2 radical (unpaired) electrons. The molecule has 0 aliphatic rings. The molecule has 0 aromatic heterocycles. The van der Waals surface area contributed by atoms with Crippen molar-refractivity contribution in [2.75, 3.05) is 0 Å². The summed E-state index contributed by atoms with van der Waals surface area (Å²) >= 11 is 0. The predicted octanol–water partition coefficient (Wildman–Crippen LogP) is -2.83. The van der Waals surface area contributed by atoms with E-state index in [4.69, 9.17) is 19.2 Å². The first kappa shape index (κ1) is 15.7. The van der Waals surface area contributed by atoms with E-state index in [1.165, 1.54) is 0 Å². The van der Waals surface area contributed by atoms with Crippen molar-refractivity contribution in [2.45, 2.75) is 0 Å². The van der Waals surface area contributed by atoms with Crippen molar-refractivity contribution in [3.63, 3.8) is 0 Å². The monoisotopic (exact) mass is 214 g/mol. The van der Waals surface area contributed by atoms with Crippen LogP contribution in [0.4, 0.5) is 0 Å². The van der Waals surface area contributed by atoms with Gasteiger partial charge in [0.1, 0.15) is 0 Å². The van der Waals surface area contributed by atoms with E-state index < -0.39 is 7.82 Å². The zero-order chi connectivity index (χ0) is 4.50. The quantitative estimate of drug-likeness (QED) is 0.321. The van der Waals surface area contributed by atoms with Gasteiger partial charge in [-0.05, 0) is 0 Å². The molecule has 0 aromatic rings. The summed E-state index contributed by atoms with van der Waals surface area (Å²) in [7, 11) is -5.39. The van der Waals surface area contributed by atoms with Crippen LogP contribution in [-0.4, -0.2) is 0 Å². The number of hydrogen-bond acceptors (Lipinski definition) is 4. The van der Waals surface area contributed by atoms with Crippen molar-refractivity contribution in [3.05, 3.63) is 0 Å². The minimum atomic E-state index is -5.39. The maximum Gasteiger partial charge on any atom is 3.00 e. The molecular weight excluding hydrogens is 214 g/mol. The first-order valence-corrected chi connectivity index (χ1v) is 2.19. The largest absolute Gasteiger partial charge is 3.00 e. The molecule has 0 saturated carbocycles. The van der Waals surface area contributed by atoms with Crippen LogP contribution in [0.1, 0.15) is 0 Å². The van der Waals surface area contributed by atoms with Crippen LogP contribution in [0.25, 0.3) is 0 Å². The number of rotatable bonds is 0. The molecular formula is CuFeO4P. The van der Waals surface area contributed by atoms with Gasteiger partial charge in [0.05, 0.1) is 0 Å². The second kappa shape index (κ2) is 5.29. The Morgan fingerprint density at radius 1 is 1.14 bits per heavy atom. The standard InChI is InChI=1S/Cu.Fe.H3O4P/c;;1-5(2,3)4/h;;(H3,1,2,3,4)/q;+3;/p-3. The molecule has 0 unspecified atom stereocenters. The van der Waals surface area contributed by atoms with Crippen molar-refractivity contribution < 1.29 is 53.4 Å². The third kappa shape index (κ3) is 144. The normalized spacial score (nSPS) is 8.43. The molecule has 0 atom stereocenters. The van der Waals surface area contributed by atoms with Gasteiger partial charge in [-0.3, -0.25) is 0 Å². The molecule has 7 heteroatoms. The van der Waals surface area contributed by atoms with Gasteiger partial charge in [-0.2, -0.15) is 7.82 Å².